The Morgan fingerprint density at radius 2 is 1.76 bits per heavy atom. The molecule has 25 heavy (non-hydrogen) atoms. The SMILES string of the molecule is CC(Nc1cc(C(=O)Nc2ccccc2Cl)ccn1)c1ccccc1. The first-order valence-electron chi connectivity index (χ1n) is 7.97. The highest BCUT2D eigenvalue weighted by Crippen LogP contribution is 2.22. The number of halogens is 1. The van der Waals surface area contributed by atoms with E-state index in [4.69, 9.17) is 11.6 Å². The van der Waals surface area contributed by atoms with Crippen LogP contribution in [0.25, 0.3) is 0 Å². The molecular weight excluding hydrogens is 334 g/mol. The Morgan fingerprint density at radius 3 is 2.52 bits per heavy atom. The highest BCUT2D eigenvalue weighted by Gasteiger charge is 2.11. The zero-order valence-electron chi connectivity index (χ0n) is 13.7. The zero-order chi connectivity index (χ0) is 17.6. The fourth-order valence-corrected chi connectivity index (χ4v) is 2.64. The van der Waals surface area contributed by atoms with Crippen LogP contribution in [0.15, 0.2) is 72.9 Å². The molecule has 2 aromatic carbocycles. The van der Waals surface area contributed by atoms with Crippen LogP contribution in [0.2, 0.25) is 5.02 Å². The fourth-order valence-electron chi connectivity index (χ4n) is 2.45. The zero-order valence-corrected chi connectivity index (χ0v) is 14.5. The Morgan fingerprint density at radius 1 is 1.04 bits per heavy atom. The lowest BCUT2D eigenvalue weighted by Gasteiger charge is -2.15. The third kappa shape index (κ3) is 4.37. The van der Waals surface area contributed by atoms with Crippen molar-refractivity contribution in [3.63, 3.8) is 0 Å². The Bertz CT molecular complexity index is 868. The standard InChI is InChI=1S/C20H18ClN3O/c1-14(15-7-3-2-4-8-15)23-19-13-16(11-12-22-19)20(25)24-18-10-6-5-9-17(18)21/h2-14H,1H3,(H,22,23)(H,24,25). The van der Waals surface area contributed by atoms with Gasteiger partial charge in [-0.25, -0.2) is 4.98 Å². The van der Waals surface area contributed by atoms with Gasteiger partial charge in [-0.2, -0.15) is 0 Å². The van der Waals surface area contributed by atoms with Gasteiger partial charge in [-0.3, -0.25) is 4.79 Å². The molecule has 4 nitrogen and oxygen atoms in total. The minimum absolute atomic E-state index is 0.0792. The summed E-state index contributed by atoms with van der Waals surface area (Å²) >= 11 is 6.08. The average Bonchev–Trinajstić information content (AvgIpc) is 2.64. The summed E-state index contributed by atoms with van der Waals surface area (Å²) in [4.78, 5) is 16.7. The lowest BCUT2D eigenvalue weighted by Crippen LogP contribution is -2.14. The molecule has 126 valence electrons. The molecule has 1 heterocycles. The number of rotatable bonds is 5. The maximum absolute atomic E-state index is 12.4. The lowest BCUT2D eigenvalue weighted by molar-refractivity contribution is 0.102. The van der Waals surface area contributed by atoms with Gasteiger partial charge < -0.3 is 10.6 Å². The van der Waals surface area contributed by atoms with Gasteiger partial charge in [0.2, 0.25) is 0 Å². The van der Waals surface area contributed by atoms with Crippen molar-refractivity contribution in [2.45, 2.75) is 13.0 Å². The summed E-state index contributed by atoms with van der Waals surface area (Å²) in [5, 5.41) is 6.62. The molecule has 1 atom stereocenters. The van der Waals surface area contributed by atoms with Gasteiger partial charge in [0.25, 0.3) is 5.91 Å². The molecule has 1 amide bonds. The molecule has 0 bridgehead atoms. The Hall–Kier alpha value is -2.85. The van der Waals surface area contributed by atoms with Crippen molar-refractivity contribution in [1.29, 1.82) is 0 Å². The van der Waals surface area contributed by atoms with Crippen LogP contribution in [-0.4, -0.2) is 10.9 Å². The van der Waals surface area contributed by atoms with E-state index in [0.717, 1.165) is 5.56 Å². The van der Waals surface area contributed by atoms with E-state index in [1.54, 1.807) is 30.5 Å². The van der Waals surface area contributed by atoms with E-state index in [-0.39, 0.29) is 11.9 Å². The summed E-state index contributed by atoms with van der Waals surface area (Å²) in [6, 6.07) is 20.7. The van der Waals surface area contributed by atoms with Crippen LogP contribution in [-0.2, 0) is 0 Å². The third-order valence-electron chi connectivity index (χ3n) is 3.81. The molecule has 1 aromatic heterocycles. The fraction of sp³-hybridized carbons (Fsp3) is 0.100. The summed E-state index contributed by atoms with van der Waals surface area (Å²) < 4.78 is 0. The van der Waals surface area contributed by atoms with Crippen molar-refractivity contribution in [2.75, 3.05) is 10.6 Å². The first kappa shape index (κ1) is 17.0. The van der Waals surface area contributed by atoms with E-state index in [9.17, 15) is 4.79 Å². The second-order valence-corrected chi connectivity index (χ2v) is 6.05. The van der Waals surface area contributed by atoms with Gasteiger partial charge in [-0.05, 0) is 36.8 Å². The minimum Gasteiger partial charge on any atom is -0.364 e. The second-order valence-electron chi connectivity index (χ2n) is 5.64. The number of anilines is 2. The number of hydrogen-bond donors (Lipinski definition) is 2. The minimum atomic E-state index is -0.231. The third-order valence-corrected chi connectivity index (χ3v) is 4.14. The molecule has 0 saturated carbocycles. The first-order valence-corrected chi connectivity index (χ1v) is 8.34. The molecule has 2 N–H and O–H groups in total. The number of amides is 1. The van der Waals surface area contributed by atoms with Gasteiger partial charge in [0, 0.05) is 17.8 Å². The van der Waals surface area contributed by atoms with Crippen molar-refractivity contribution >= 4 is 29.0 Å². The van der Waals surface area contributed by atoms with Gasteiger partial charge in [0.15, 0.2) is 0 Å². The highest BCUT2D eigenvalue weighted by atomic mass is 35.5. The number of pyridine rings is 1. The molecule has 0 aliphatic heterocycles. The number of para-hydroxylation sites is 1. The Balaban J connectivity index is 1.73. The van der Waals surface area contributed by atoms with E-state index in [2.05, 4.69) is 15.6 Å². The van der Waals surface area contributed by atoms with Gasteiger partial charge in [-0.1, -0.05) is 54.1 Å². The van der Waals surface area contributed by atoms with Gasteiger partial charge >= 0.3 is 0 Å². The molecule has 0 radical (unpaired) electrons. The van der Waals surface area contributed by atoms with Gasteiger partial charge in [-0.15, -0.1) is 0 Å². The number of benzene rings is 2. The number of carbonyl (C=O) groups excluding carboxylic acids is 1. The van der Waals surface area contributed by atoms with Gasteiger partial charge in [0.1, 0.15) is 5.82 Å². The number of nitrogens with zero attached hydrogens (tertiary/aromatic N) is 1. The number of aromatic nitrogens is 1. The van der Waals surface area contributed by atoms with Crippen molar-refractivity contribution < 1.29 is 4.79 Å². The predicted octanol–water partition coefficient (Wildman–Crippen LogP) is 5.16. The van der Waals surface area contributed by atoms with Crippen LogP contribution in [0.3, 0.4) is 0 Å². The number of carbonyl (C=O) groups is 1. The number of hydrogen-bond acceptors (Lipinski definition) is 3. The number of nitrogens with one attached hydrogen (secondary N) is 2. The molecule has 1 unspecified atom stereocenters. The molecule has 3 rings (SSSR count). The van der Waals surface area contributed by atoms with Crippen molar-refractivity contribution in [3.05, 3.63) is 89.1 Å². The Kier molecular flexibility index (Phi) is 5.31. The van der Waals surface area contributed by atoms with Crippen LogP contribution < -0.4 is 10.6 Å². The average molecular weight is 352 g/mol. The van der Waals surface area contributed by atoms with Crippen molar-refractivity contribution in [2.24, 2.45) is 0 Å². The molecule has 0 aliphatic carbocycles. The Labute approximate surface area is 151 Å². The quantitative estimate of drug-likeness (QED) is 0.667. The molecule has 0 fully saturated rings. The summed E-state index contributed by atoms with van der Waals surface area (Å²) in [5.74, 6) is 0.411. The first-order chi connectivity index (χ1) is 12.1. The summed E-state index contributed by atoms with van der Waals surface area (Å²) in [6.45, 7) is 2.05. The normalized spacial score (nSPS) is 11.6. The summed E-state index contributed by atoms with van der Waals surface area (Å²) in [5.41, 5.74) is 2.24. The smallest absolute Gasteiger partial charge is 0.255 e. The van der Waals surface area contributed by atoms with E-state index >= 15 is 0 Å². The topological polar surface area (TPSA) is 54.0 Å². The summed E-state index contributed by atoms with van der Waals surface area (Å²) in [6.07, 6.45) is 1.61. The van der Waals surface area contributed by atoms with Crippen molar-refractivity contribution in [3.8, 4) is 0 Å². The van der Waals surface area contributed by atoms with Crippen LogP contribution in [0.4, 0.5) is 11.5 Å². The molecule has 0 aliphatic rings. The molecule has 3 aromatic rings. The van der Waals surface area contributed by atoms with E-state index in [0.29, 0.717) is 22.1 Å². The maximum Gasteiger partial charge on any atom is 0.255 e. The van der Waals surface area contributed by atoms with E-state index < -0.39 is 0 Å². The highest BCUT2D eigenvalue weighted by molar-refractivity contribution is 6.33. The molecular formula is C20H18ClN3O. The monoisotopic (exact) mass is 351 g/mol. The van der Waals surface area contributed by atoms with Crippen molar-refractivity contribution in [1.82, 2.24) is 4.98 Å². The molecule has 0 saturated heterocycles. The van der Waals surface area contributed by atoms with Crippen LogP contribution in [0, 0.1) is 0 Å². The molecule has 0 spiro atoms. The largest absolute Gasteiger partial charge is 0.364 e. The molecule has 5 heteroatoms. The van der Waals surface area contributed by atoms with Crippen LogP contribution in [0.1, 0.15) is 28.9 Å². The van der Waals surface area contributed by atoms with Gasteiger partial charge in [0.05, 0.1) is 10.7 Å². The van der Waals surface area contributed by atoms with E-state index in [1.807, 2.05) is 49.4 Å². The predicted molar refractivity (Wildman–Crippen MR) is 102 cm³/mol. The lowest BCUT2D eigenvalue weighted by atomic mass is 10.1. The van der Waals surface area contributed by atoms with E-state index in [1.165, 1.54) is 0 Å². The summed E-state index contributed by atoms with van der Waals surface area (Å²) in [7, 11) is 0. The van der Waals surface area contributed by atoms with Crippen LogP contribution >= 0.6 is 11.6 Å². The van der Waals surface area contributed by atoms with Crippen LogP contribution in [0.5, 0.6) is 0 Å². The maximum atomic E-state index is 12.4. The second kappa shape index (κ2) is 7.81.